The summed E-state index contributed by atoms with van der Waals surface area (Å²) in [6.07, 6.45) is -7.90. The molecule has 1 aromatic carbocycles. The number of halogens is 8. The molecular formula is C20H18F8N4O. The lowest BCUT2D eigenvalue weighted by atomic mass is 9.81. The van der Waals surface area contributed by atoms with E-state index in [-0.39, 0.29) is 12.6 Å². The molecule has 0 radical (unpaired) electrons. The number of carbonyl (C=O) groups excluding carboxylic acids is 1. The van der Waals surface area contributed by atoms with Crippen LogP contribution in [0.4, 0.5) is 39.9 Å². The number of likely N-dealkylation sites (N-methyl/N-ethyl adjacent to an activating group) is 1. The van der Waals surface area contributed by atoms with E-state index in [0.29, 0.717) is 12.0 Å². The smallest absolute Gasteiger partial charge is 0.361 e. The predicted molar refractivity (Wildman–Crippen MR) is 102 cm³/mol. The number of hydrogen-bond acceptors (Lipinski definition) is 2. The van der Waals surface area contributed by atoms with Crippen LogP contribution in [0, 0.1) is 0 Å². The van der Waals surface area contributed by atoms with Gasteiger partial charge in [0.2, 0.25) is 0 Å². The van der Waals surface area contributed by atoms with Gasteiger partial charge in [-0.25, -0.2) is 9.69 Å². The van der Waals surface area contributed by atoms with E-state index in [1.165, 1.54) is 6.08 Å². The Hall–Kier alpha value is -2.83. The van der Waals surface area contributed by atoms with Gasteiger partial charge in [0.25, 0.3) is 0 Å². The summed E-state index contributed by atoms with van der Waals surface area (Å²) in [5, 5.41) is 2.83. The Balaban J connectivity index is 1.65. The number of hydrogen-bond donors (Lipinski definition) is 2. The SMILES string of the molecule is CN1CC(NC(=O)N(CC(F)(F)F)C(F)(F)C(F)(F)F)C=C2c3cccc4[nH]cc(c34)CC21. The quantitative estimate of drug-likeness (QED) is 0.500. The second-order valence-electron chi connectivity index (χ2n) is 8.12. The first kappa shape index (κ1) is 23.3. The van der Waals surface area contributed by atoms with Crippen molar-refractivity contribution in [3.05, 3.63) is 41.6 Å². The zero-order valence-corrected chi connectivity index (χ0v) is 17.0. The third kappa shape index (κ3) is 4.13. The molecule has 0 saturated carbocycles. The maximum absolute atomic E-state index is 13.8. The molecule has 2 N–H and O–H groups in total. The Bertz CT molecular complexity index is 1100. The fourth-order valence-electron chi connectivity index (χ4n) is 4.41. The third-order valence-corrected chi connectivity index (χ3v) is 5.84. The van der Waals surface area contributed by atoms with Crippen molar-refractivity contribution in [1.29, 1.82) is 0 Å². The first-order valence-electron chi connectivity index (χ1n) is 9.80. The maximum Gasteiger partial charge on any atom is 0.475 e. The van der Waals surface area contributed by atoms with Gasteiger partial charge in [0.05, 0.1) is 6.04 Å². The molecule has 2 atom stereocenters. The number of fused-ring (bicyclic) bond motifs is 2. The summed E-state index contributed by atoms with van der Waals surface area (Å²) in [6, 6.07) is -4.00. The summed E-state index contributed by atoms with van der Waals surface area (Å²) in [7, 11) is 1.67. The van der Waals surface area contributed by atoms with E-state index in [2.05, 4.69) is 4.98 Å². The van der Waals surface area contributed by atoms with Gasteiger partial charge in [0.15, 0.2) is 0 Å². The van der Waals surface area contributed by atoms with Crippen LogP contribution in [-0.2, 0) is 6.42 Å². The number of urea groups is 1. The lowest BCUT2D eigenvalue weighted by Gasteiger charge is -2.41. The normalized spacial score (nSPS) is 21.5. The van der Waals surface area contributed by atoms with Crippen LogP contribution in [0.15, 0.2) is 30.5 Å². The second kappa shape index (κ2) is 7.61. The molecule has 2 aliphatic rings. The minimum atomic E-state index is -6.38. The van der Waals surface area contributed by atoms with E-state index < -0.39 is 41.9 Å². The number of aromatic nitrogens is 1. The number of nitrogens with zero attached hydrogens (tertiary/aromatic N) is 2. The lowest BCUT2D eigenvalue weighted by molar-refractivity contribution is -0.338. The fourth-order valence-corrected chi connectivity index (χ4v) is 4.41. The standard InChI is InChI=1S/C20H18F8N4O/c1-31-8-11(30-17(33)32(9-18(21,22)23)20(27,28)19(24,25)26)6-13-12-3-2-4-14-16(12)10(7-29-14)5-15(13)31/h2-4,6-7,11,15,29H,5,8-9H2,1H3,(H,30,33). The van der Waals surface area contributed by atoms with Crippen molar-refractivity contribution in [3.63, 3.8) is 0 Å². The van der Waals surface area contributed by atoms with Gasteiger partial charge in [-0.3, -0.25) is 4.90 Å². The Kier molecular flexibility index (Phi) is 5.38. The van der Waals surface area contributed by atoms with Gasteiger partial charge < -0.3 is 10.3 Å². The van der Waals surface area contributed by atoms with Gasteiger partial charge in [0.1, 0.15) is 6.54 Å². The summed E-state index contributed by atoms with van der Waals surface area (Å²) in [4.78, 5) is 15.7. The number of rotatable bonds is 3. The molecule has 2 aromatic rings. The molecular weight excluding hydrogens is 464 g/mol. The molecule has 180 valence electrons. The van der Waals surface area contributed by atoms with Gasteiger partial charge >= 0.3 is 24.4 Å². The van der Waals surface area contributed by atoms with Crippen molar-refractivity contribution in [2.45, 2.75) is 36.9 Å². The topological polar surface area (TPSA) is 51.4 Å². The van der Waals surface area contributed by atoms with Gasteiger partial charge in [-0.2, -0.15) is 35.1 Å². The van der Waals surface area contributed by atoms with Crippen LogP contribution in [0.5, 0.6) is 0 Å². The summed E-state index contributed by atoms with van der Waals surface area (Å²) < 4.78 is 104. The molecule has 33 heavy (non-hydrogen) atoms. The molecule has 0 fully saturated rings. The van der Waals surface area contributed by atoms with Crippen molar-refractivity contribution in [1.82, 2.24) is 20.1 Å². The molecule has 13 heteroatoms. The summed E-state index contributed by atoms with van der Waals surface area (Å²) in [5.41, 5.74) is 3.38. The Morgan fingerprint density at radius 3 is 2.52 bits per heavy atom. The minimum Gasteiger partial charge on any atom is -0.361 e. The predicted octanol–water partition coefficient (Wildman–Crippen LogP) is 4.52. The number of nitrogens with one attached hydrogen (secondary N) is 2. The Morgan fingerprint density at radius 2 is 1.88 bits per heavy atom. The summed E-state index contributed by atoms with van der Waals surface area (Å²) >= 11 is 0. The Morgan fingerprint density at radius 1 is 1.18 bits per heavy atom. The minimum absolute atomic E-state index is 0.00703. The van der Waals surface area contributed by atoms with Crippen LogP contribution in [0.25, 0.3) is 16.5 Å². The highest BCUT2D eigenvalue weighted by atomic mass is 19.4. The van der Waals surface area contributed by atoms with Gasteiger partial charge in [0, 0.05) is 29.7 Å². The Labute approximate surface area is 182 Å². The van der Waals surface area contributed by atoms with Crippen molar-refractivity contribution in [2.24, 2.45) is 0 Å². The number of benzene rings is 1. The van der Waals surface area contributed by atoms with E-state index in [4.69, 9.17) is 0 Å². The molecule has 5 nitrogen and oxygen atoms in total. The highest BCUT2D eigenvalue weighted by molar-refractivity contribution is 5.98. The molecule has 2 heterocycles. The highest BCUT2D eigenvalue weighted by Gasteiger charge is 2.65. The van der Waals surface area contributed by atoms with Crippen LogP contribution in [-0.4, -0.2) is 71.4 Å². The number of alkyl halides is 8. The molecule has 0 saturated heterocycles. The zero-order valence-electron chi connectivity index (χ0n) is 17.0. The second-order valence-corrected chi connectivity index (χ2v) is 8.12. The number of H-pyrrole nitrogens is 1. The molecule has 1 aliphatic carbocycles. The van der Waals surface area contributed by atoms with Crippen molar-refractivity contribution >= 4 is 22.5 Å². The molecule has 4 rings (SSSR count). The summed E-state index contributed by atoms with van der Waals surface area (Å²) in [5.74, 6) is 0. The van der Waals surface area contributed by atoms with E-state index in [0.717, 1.165) is 22.0 Å². The number of aromatic amines is 1. The largest absolute Gasteiger partial charge is 0.475 e. The maximum atomic E-state index is 13.8. The zero-order chi connectivity index (χ0) is 24.3. The van der Waals surface area contributed by atoms with E-state index >= 15 is 0 Å². The van der Waals surface area contributed by atoms with Gasteiger partial charge in [-0.15, -0.1) is 0 Å². The molecule has 2 amide bonds. The molecule has 1 aromatic heterocycles. The lowest BCUT2D eigenvalue weighted by Crippen LogP contribution is -2.62. The molecule has 2 unspecified atom stereocenters. The van der Waals surface area contributed by atoms with Crippen LogP contribution in [0.2, 0.25) is 0 Å². The van der Waals surface area contributed by atoms with Crippen molar-refractivity contribution in [3.8, 4) is 0 Å². The average molecular weight is 482 g/mol. The molecule has 1 aliphatic heterocycles. The van der Waals surface area contributed by atoms with Crippen LogP contribution in [0.3, 0.4) is 0 Å². The molecule has 0 bridgehead atoms. The van der Waals surface area contributed by atoms with Gasteiger partial charge in [-0.05, 0) is 36.2 Å². The first-order chi connectivity index (χ1) is 15.2. The van der Waals surface area contributed by atoms with Crippen LogP contribution < -0.4 is 5.32 Å². The highest BCUT2D eigenvalue weighted by Crippen LogP contribution is 2.41. The number of amides is 2. The van der Waals surface area contributed by atoms with Crippen LogP contribution >= 0.6 is 0 Å². The van der Waals surface area contributed by atoms with E-state index in [1.807, 2.05) is 23.6 Å². The van der Waals surface area contributed by atoms with E-state index in [1.54, 1.807) is 18.0 Å². The third-order valence-electron chi connectivity index (χ3n) is 5.84. The monoisotopic (exact) mass is 482 g/mol. The fraction of sp³-hybridized carbons (Fsp3) is 0.450. The summed E-state index contributed by atoms with van der Waals surface area (Å²) in [6.45, 7) is -2.76. The van der Waals surface area contributed by atoms with Crippen molar-refractivity contribution in [2.75, 3.05) is 20.1 Å². The van der Waals surface area contributed by atoms with Crippen LogP contribution in [0.1, 0.15) is 11.1 Å². The average Bonchev–Trinajstić information content (AvgIpc) is 3.10. The van der Waals surface area contributed by atoms with Gasteiger partial charge in [-0.1, -0.05) is 18.2 Å². The first-order valence-corrected chi connectivity index (χ1v) is 9.80. The van der Waals surface area contributed by atoms with Crippen molar-refractivity contribution < 1.29 is 39.9 Å². The molecule has 0 spiro atoms. The number of carbonyl (C=O) groups is 1. The van der Waals surface area contributed by atoms with E-state index in [9.17, 15) is 39.9 Å².